The van der Waals surface area contributed by atoms with Crippen LogP contribution in [-0.2, 0) is 0 Å². The number of para-hydroxylation sites is 2. The predicted molar refractivity (Wildman–Crippen MR) is 99.8 cm³/mol. The topological polar surface area (TPSA) is 30.2 Å². The first kappa shape index (κ1) is 14.6. The van der Waals surface area contributed by atoms with Gasteiger partial charge in [0.15, 0.2) is 5.78 Å². The highest BCUT2D eigenvalue weighted by Gasteiger charge is 2.36. The summed E-state index contributed by atoms with van der Waals surface area (Å²) in [7, 11) is 0. The largest absolute Gasteiger partial charge is 0.455 e. The molecule has 2 aliphatic heterocycles. The molecule has 122 valence electrons. The van der Waals surface area contributed by atoms with Crippen LogP contribution >= 0.6 is 11.8 Å². The van der Waals surface area contributed by atoms with Crippen molar-refractivity contribution in [2.24, 2.45) is 5.92 Å². The minimum Gasteiger partial charge on any atom is -0.455 e. The van der Waals surface area contributed by atoms with Crippen LogP contribution in [-0.4, -0.2) is 16.3 Å². The summed E-state index contributed by atoms with van der Waals surface area (Å²) in [5, 5.41) is 3.52. The van der Waals surface area contributed by atoms with Crippen LogP contribution in [0.5, 0.6) is 0 Å². The van der Waals surface area contributed by atoms with Crippen LogP contribution in [0.25, 0.3) is 21.9 Å². The van der Waals surface area contributed by atoms with E-state index in [1.165, 1.54) is 19.3 Å². The molecule has 2 atom stereocenters. The van der Waals surface area contributed by atoms with Gasteiger partial charge in [-0.25, -0.2) is 0 Å². The minimum absolute atomic E-state index is 0.167. The molecule has 3 heterocycles. The zero-order chi connectivity index (χ0) is 16.1. The molecule has 2 unspecified atom stereocenters. The Balaban J connectivity index is 1.57. The third-order valence-corrected chi connectivity index (χ3v) is 7.20. The number of thioether (sulfide) groups is 1. The molecular weight excluding hydrogens is 316 g/mol. The minimum atomic E-state index is 0.167. The summed E-state index contributed by atoms with van der Waals surface area (Å²) < 4.78 is 6.06. The van der Waals surface area contributed by atoms with E-state index in [0.29, 0.717) is 10.5 Å². The number of fused-ring (bicyclic) bond motifs is 5. The van der Waals surface area contributed by atoms with Crippen LogP contribution in [0.3, 0.4) is 0 Å². The van der Waals surface area contributed by atoms with Crippen molar-refractivity contribution in [1.29, 1.82) is 0 Å². The van der Waals surface area contributed by atoms with Gasteiger partial charge in [0.1, 0.15) is 11.2 Å². The van der Waals surface area contributed by atoms with Crippen molar-refractivity contribution in [3.05, 3.63) is 48.0 Å². The number of ketones is 1. The van der Waals surface area contributed by atoms with Gasteiger partial charge in [0.05, 0.1) is 5.56 Å². The van der Waals surface area contributed by atoms with Gasteiger partial charge in [-0.1, -0.05) is 36.8 Å². The summed E-state index contributed by atoms with van der Waals surface area (Å²) >= 11 is 2.12. The Kier molecular flexibility index (Phi) is 3.44. The van der Waals surface area contributed by atoms with Gasteiger partial charge >= 0.3 is 0 Å². The molecule has 24 heavy (non-hydrogen) atoms. The predicted octanol–water partition coefficient (Wildman–Crippen LogP) is 5.83. The van der Waals surface area contributed by atoms with Gasteiger partial charge in [0.25, 0.3) is 0 Å². The van der Waals surface area contributed by atoms with Gasteiger partial charge in [0, 0.05) is 27.2 Å². The molecule has 0 radical (unpaired) electrons. The van der Waals surface area contributed by atoms with Crippen molar-refractivity contribution in [2.45, 2.75) is 42.6 Å². The van der Waals surface area contributed by atoms with Gasteiger partial charge in [-0.15, -0.1) is 0 Å². The number of furan rings is 1. The molecule has 2 aliphatic rings. The maximum Gasteiger partial charge on any atom is 0.169 e. The lowest BCUT2D eigenvalue weighted by atomic mass is 9.84. The van der Waals surface area contributed by atoms with E-state index in [9.17, 15) is 4.79 Å². The average molecular weight is 336 g/mol. The molecule has 2 saturated heterocycles. The highest BCUT2D eigenvalue weighted by molar-refractivity contribution is 8.00. The lowest BCUT2D eigenvalue weighted by Gasteiger charge is -2.37. The fourth-order valence-corrected chi connectivity index (χ4v) is 6.27. The van der Waals surface area contributed by atoms with Crippen LogP contribution in [0.2, 0.25) is 0 Å². The molecule has 5 rings (SSSR count). The summed E-state index contributed by atoms with van der Waals surface area (Å²) in [6.07, 6.45) is 5.97. The quantitative estimate of drug-likeness (QED) is 0.551. The number of hydrogen-bond acceptors (Lipinski definition) is 3. The number of carbonyl (C=O) groups excluding carboxylic acids is 1. The maximum absolute atomic E-state index is 13.3. The molecule has 2 nitrogen and oxygen atoms in total. The van der Waals surface area contributed by atoms with Crippen LogP contribution in [0.4, 0.5) is 0 Å². The molecule has 3 aromatic rings. The van der Waals surface area contributed by atoms with Crippen molar-refractivity contribution in [3.63, 3.8) is 0 Å². The second-order valence-electron chi connectivity index (χ2n) is 7.12. The Labute approximate surface area is 145 Å². The zero-order valence-corrected chi connectivity index (χ0v) is 14.4. The van der Waals surface area contributed by atoms with Crippen molar-refractivity contribution in [3.8, 4) is 0 Å². The molecule has 0 saturated carbocycles. The summed E-state index contributed by atoms with van der Waals surface area (Å²) in [5.41, 5.74) is 2.41. The van der Waals surface area contributed by atoms with E-state index in [2.05, 4.69) is 23.9 Å². The zero-order valence-electron chi connectivity index (χ0n) is 13.5. The molecule has 2 fully saturated rings. The summed E-state index contributed by atoms with van der Waals surface area (Å²) in [6.45, 7) is 0. The lowest BCUT2D eigenvalue weighted by molar-refractivity contribution is 0.0897. The molecule has 3 heteroatoms. The van der Waals surface area contributed by atoms with Crippen molar-refractivity contribution >= 4 is 39.5 Å². The van der Waals surface area contributed by atoms with Crippen LogP contribution in [0, 0.1) is 5.92 Å². The molecule has 0 N–H and O–H groups in total. The van der Waals surface area contributed by atoms with E-state index in [4.69, 9.17) is 4.42 Å². The van der Waals surface area contributed by atoms with Gasteiger partial charge < -0.3 is 4.42 Å². The van der Waals surface area contributed by atoms with Gasteiger partial charge in [0.2, 0.25) is 0 Å². The fraction of sp³-hybridized carbons (Fsp3) is 0.381. The smallest absolute Gasteiger partial charge is 0.169 e. The van der Waals surface area contributed by atoms with Gasteiger partial charge in [-0.05, 0) is 37.8 Å². The van der Waals surface area contributed by atoms with E-state index >= 15 is 0 Å². The summed E-state index contributed by atoms with van der Waals surface area (Å²) in [5.74, 6) is 0.456. The lowest BCUT2D eigenvalue weighted by Crippen LogP contribution is -2.32. The summed E-state index contributed by atoms with van der Waals surface area (Å²) in [4.78, 5) is 13.3. The molecular formula is C21H20O2S. The Morgan fingerprint density at radius 2 is 1.71 bits per heavy atom. The van der Waals surface area contributed by atoms with Crippen molar-refractivity contribution < 1.29 is 9.21 Å². The maximum atomic E-state index is 13.3. The van der Waals surface area contributed by atoms with E-state index in [-0.39, 0.29) is 11.7 Å². The molecule has 0 amide bonds. The molecule has 2 bridgehead atoms. The van der Waals surface area contributed by atoms with Crippen LogP contribution in [0.15, 0.2) is 46.9 Å². The number of rotatable bonds is 2. The fourth-order valence-electron chi connectivity index (χ4n) is 4.43. The van der Waals surface area contributed by atoms with E-state index in [1.807, 2.05) is 30.3 Å². The number of Topliss-reactive ketones (excluding diaryl/α,β-unsaturated/α-hetero) is 1. The van der Waals surface area contributed by atoms with Crippen molar-refractivity contribution in [1.82, 2.24) is 0 Å². The highest BCUT2D eigenvalue weighted by Crippen LogP contribution is 2.45. The highest BCUT2D eigenvalue weighted by atomic mass is 32.2. The van der Waals surface area contributed by atoms with E-state index in [0.717, 1.165) is 40.3 Å². The Hall–Kier alpha value is -1.74. The normalized spacial score (nSPS) is 26.8. The van der Waals surface area contributed by atoms with Crippen molar-refractivity contribution in [2.75, 3.05) is 0 Å². The Morgan fingerprint density at radius 3 is 2.54 bits per heavy atom. The SMILES string of the molecule is O=C(c1cccc2c1oc1ccccc12)C1CC2CCCC(C1)S2. The van der Waals surface area contributed by atoms with E-state index < -0.39 is 0 Å². The van der Waals surface area contributed by atoms with Gasteiger partial charge in [-0.3, -0.25) is 4.79 Å². The molecule has 0 aliphatic carbocycles. The first-order valence-corrected chi connectivity index (χ1v) is 9.84. The first-order chi connectivity index (χ1) is 11.8. The van der Waals surface area contributed by atoms with E-state index in [1.54, 1.807) is 0 Å². The standard InChI is InChI=1S/C21H20O2S/c22-20(13-11-14-5-3-6-15(12-13)24-14)18-9-4-8-17-16-7-1-2-10-19(16)23-21(17)18/h1-2,4,7-10,13-15H,3,5-6,11-12H2. The third kappa shape index (κ3) is 2.29. The first-order valence-electron chi connectivity index (χ1n) is 8.89. The Morgan fingerprint density at radius 1 is 0.958 bits per heavy atom. The molecule has 2 aromatic carbocycles. The average Bonchev–Trinajstić information content (AvgIpc) is 2.99. The van der Waals surface area contributed by atoms with Crippen LogP contribution in [0.1, 0.15) is 42.5 Å². The molecule has 0 spiro atoms. The third-order valence-electron chi connectivity index (χ3n) is 5.57. The molecule has 1 aromatic heterocycles. The number of carbonyl (C=O) groups is 1. The number of benzene rings is 2. The van der Waals surface area contributed by atoms with Crippen LogP contribution < -0.4 is 0 Å². The Bertz CT molecular complexity index is 914. The van der Waals surface area contributed by atoms with Gasteiger partial charge in [-0.2, -0.15) is 11.8 Å². The second kappa shape index (κ2) is 5.66. The monoisotopic (exact) mass is 336 g/mol. The second-order valence-corrected chi connectivity index (χ2v) is 8.73. The number of hydrogen-bond donors (Lipinski definition) is 0. The summed E-state index contributed by atoms with van der Waals surface area (Å²) in [6, 6.07) is 14.0.